The van der Waals surface area contributed by atoms with E-state index < -0.39 is 23.8 Å². The molecule has 0 saturated heterocycles. The third kappa shape index (κ3) is 5.25. The Labute approximate surface area is 189 Å². The summed E-state index contributed by atoms with van der Waals surface area (Å²) < 4.78 is 58.7. The Morgan fingerprint density at radius 1 is 1.18 bits per heavy atom. The molecule has 33 heavy (non-hydrogen) atoms. The predicted molar refractivity (Wildman–Crippen MR) is 118 cm³/mol. The number of aromatic amines is 1. The number of anilines is 2. The van der Waals surface area contributed by atoms with Crippen LogP contribution in [-0.2, 0) is 6.18 Å². The zero-order valence-corrected chi connectivity index (χ0v) is 17.8. The van der Waals surface area contributed by atoms with Gasteiger partial charge in [-0.05, 0) is 42.7 Å². The molecule has 1 unspecified atom stereocenters. The number of hydrogen-bond acceptors (Lipinski definition) is 8. The molecule has 1 aliphatic heterocycles. The van der Waals surface area contributed by atoms with E-state index in [1.807, 2.05) is 6.26 Å². The van der Waals surface area contributed by atoms with Crippen LogP contribution in [0, 0.1) is 5.82 Å². The van der Waals surface area contributed by atoms with Gasteiger partial charge in [-0.25, -0.2) is 14.4 Å². The second-order valence-corrected chi connectivity index (χ2v) is 7.59. The Hall–Kier alpha value is -3.61. The zero-order valence-electron chi connectivity index (χ0n) is 17.0. The van der Waals surface area contributed by atoms with Crippen molar-refractivity contribution >= 4 is 34.4 Å². The lowest BCUT2D eigenvalue weighted by molar-refractivity contribution is -0.139. The number of ether oxygens (including phenoxy) is 1. The average Bonchev–Trinajstić information content (AvgIpc) is 3.23. The number of halogens is 4. The van der Waals surface area contributed by atoms with E-state index in [1.54, 1.807) is 24.3 Å². The van der Waals surface area contributed by atoms with Gasteiger partial charge in [0.25, 0.3) is 0 Å². The van der Waals surface area contributed by atoms with Crippen LogP contribution < -0.4 is 15.8 Å². The number of benzene rings is 2. The predicted octanol–water partition coefficient (Wildman–Crippen LogP) is 4.56. The number of nitrogens with one attached hydrogen (secondary N) is 2. The van der Waals surface area contributed by atoms with E-state index in [0.717, 1.165) is 6.07 Å². The summed E-state index contributed by atoms with van der Waals surface area (Å²) in [6.45, 7) is 0. The van der Waals surface area contributed by atoms with Crippen molar-refractivity contribution in [2.45, 2.75) is 18.8 Å². The molecule has 0 radical (unpaired) electrons. The number of rotatable bonds is 5. The first kappa shape index (κ1) is 22.6. The quantitative estimate of drug-likeness (QED) is 0.463. The van der Waals surface area contributed by atoms with Crippen molar-refractivity contribution in [1.29, 1.82) is 0 Å². The van der Waals surface area contributed by atoms with Crippen LogP contribution in [0.25, 0.3) is 11.4 Å². The molecule has 13 heteroatoms. The van der Waals surface area contributed by atoms with Crippen molar-refractivity contribution in [3.8, 4) is 17.1 Å². The highest BCUT2D eigenvalue weighted by atomic mass is 32.2. The number of nitrogens with zero attached hydrogens (tertiary/aromatic N) is 4. The largest absolute Gasteiger partial charge is 0.468 e. The van der Waals surface area contributed by atoms with Gasteiger partial charge in [-0.2, -0.15) is 18.2 Å². The number of alkyl halides is 3. The highest BCUT2D eigenvalue weighted by molar-refractivity contribution is 8.13. The molecule has 0 saturated carbocycles. The van der Waals surface area contributed by atoms with Gasteiger partial charge in [-0.15, -0.1) is 5.10 Å². The molecule has 0 bridgehead atoms. The fourth-order valence-corrected chi connectivity index (χ4v) is 3.41. The molecule has 4 rings (SSSR count). The topological polar surface area (TPSA) is 114 Å². The van der Waals surface area contributed by atoms with Crippen molar-refractivity contribution in [3.05, 3.63) is 53.8 Å². The van der Waals surface area contributed by atoms with E-state index in [0.29, 0.717) is 40.6 Å². The molecule has 2 heterocycles. The molecule has 1 aromatic heterocycles. The highest BCUT2D eigenvalue weighted by Gasteiger charge is 2.35. The normalized spacial score (nSPS) is 16.2. The molecule has 4 N–H and O–H groups in total. The lowest BCUT2D eigenvalue weighted by atomic mass is 10.2. The summed E-state index contributed by atoms with van der Waals surface area (Å²) in [4.78, 5) is 12.6. The summed E-state index contributed by atoms with van der Waals surface area (Å²) in [6.07, 6.45) is -3.09. The fourth-order valence-electron chi connectivity index (χ4n) is 2.97. The number of thioether (sulfide) groups is 1. The van der Waals surface area contributed by atoms with E-state index in [2.05, 4.69) is 30.5 Å². The SMILES string of the molecule is CSC1=NC(Oc2ccc(-c3nc(Nc4cccc(C(F)(F)F)c4F)n[nH]3)cc2)CC(N)=N1. The summed E-state index contributed by atoms with van der Waals surface area (Å²) >= 11 is 1.37. The molecule has 3 aromatic rings. The van der Waals surface area contributed by atoms with Crippen LogP contribution in [0.2, 0.25) is 0 Å². The maximum Gasteiger partial charge on any atom is 0.419 e. The molecule has 172 valence electrons. The molecular formula is C20H17F4N7OS. The number of H-pyrrole nitrogens is 1. The minimum atomic E-state index is -4.81. The van der Waals surface area contributed by atoms with Crippen LogP contribution in [-0.4, -0.2) is 38.7 Å². The number of hydrogen-bond donors (Lipinski definition) is 3. The van der Waals surface area contributed by atoms with E-state index >= 15 is 0 Å². The van der Waals surface area contributed by atoms with Crippen molar-refractivity contribution in [2.75, 3.05) is 11.6 Å². The summed E-state index contributed by atoms with van der Waals surface area (Å²) in [5, 5.41) is 9.55. The van der Waals surface area contributed by atoms with Gasteiger partial charge >= 0.3 is 6.18 Å². The minimum Gasteiger partial charge on any atom is -0.468 e. The van der Waals surface area contributed by atoms with Crippen LogP contribution in [0.4, 0.5) is 29.2 Å². The summed E-state index contributed by atoms with van der Waals surface area (Å²) in [5.74, 6) is -0.201. The molecule has 0 spiro atoms. The molecule has 2 aromatic carbocycles. The molecule has 8 nitrogen and oxygen atoms in total. The Balaban J connectivity index is 1.45. The third-order valence-corrected chi connectivity index (χ3v) is 5.06. The van der Waals surface area contributed by atoms with E-state index in [4.69, 9.17) is 10.5 Å². The van der Waals surface area contributed by atoms with E-state index in [1.165, 1.54) is 17.8 Å². The monoisotopic (exact) mass is 479 g/mol. The van der Waals surface area contributed by atoms with Gasteiger partial charge in [0.05, 0.1) is 17.7 Å². The van der Waals surface area contributed by atoms with Gasteiger partial charge in [-0.3, -0.25) is 5.10 Å². The van der Waals surface area contributed by atoms with Crippen LogP contribution in [0.15, 0.2) is 52.4 Å². The smallest absolute Gasteiger partial charge is 0.419 e. The van der Waals surface area contributed by atoms with Gasteiger partial charge in [0.1, 0.15) is 11.6 Å². The first-order valence-corrected chi connectivity index (χ1v) is 10.7. The average molecular weight is 479 g/mol. The molecular weight excluding hydrogens is 462 g/mol. The summed E-state index contributed by atoms with van der Waals surface area (Å²) in [6, 6.07) is 9.75. The maximum absolute atomic E-state index is 14.2. The van der Waals surface area contributed by atoms with Gasteiger partial charge in [0.2, 0.25) is 5.95 Å². The molecule has 1 aliphatic rings. The second-order valence-electron chi connectivity index (χ2n) is 6.82. The van der Waals surface area contributed by atoms with E-state index in [9.17, 15) is 17.6 Å². The Kier molecular flexibility index (Phi) is 6.22. The van der Waals surface area contributed by atoms with Gasteiger partial charge in [-0.1, -0.05) is 17.8 Å². The Bertz CT molecular complexity index is 1210. The van der Waals surface area contributed by atoms with Gasteiger partial charge in [0.15, 0.2) is 23.0 Å². The number of aliphatic imine (C=N–C) groups is 2. The lowest BCUT2D eigenvalue weighted by Crippen LogP contribution is -2.28. The van der Waals surface area contributed by atoms with Crippen molar-refractivity contribution in [2.24, 2.45) is 15.7 Å². The van der Waals surface area contributed by atoms with Crippen LogP contribution in [0.1, 0.15) is 12.0 Å². The van der Waals surface area contributed by atoms with Gasteiger partial charge in [0, 0.05) is 5.56 Å². The third-order valence-electron chi connectivity index (χ3n) is 4.50. The summed E-state index contributed by atoms with van der Waals surface area (Å²) in [7, 11) is 0. The summed E-state index contributed by atoms with van der Waals surface area (Å²) in [5.41, 5.74) is 4.68. The maximum atomic E-state index is 14.2. The van der Waals surface area contributed by atoms with Crippen LogP contribution >= 0.6 is 11.8 Å². The Morgan fingerprint density at radius 2 is 1.94 bits per heavy atom. The van der Waals surface area contributed by atoms with E-state index in [-0.39, 0.29) is 11.6 Å². The molecule has 0 fully saturated rings. The molecule has 1 atom stereocenters. The first-order valence-electron chi connectivity index (χ1n) is 9.50. The highest BCUT2D eigenvalue weighted by Crippen LogP contribution is 2.34. The Morgan fingerprint density at radius 3 is 2.64 bits per heavy atom. The van der Waals surface area contributed by atoms with Crippen LogP contribution in [0.5, 0.6) is 5.75 Å². The second kappa shape index (κ2) is 9.10. The van der Waals surface area contributed by atoms with Crippen molar-refractivity contribution in [3.63, 3.8) is 0 Å². The molecule has 0 amide bonds. The van der Waals surface area contributed by atoms with Crippen LogP contribution in [0.3, 0.4) is 0 Å². The zero-order chi connectivity index (χ0) is 23.6. The number of amidine groups is 2. The molecule has 0 aliphatic carbocycles. The standard InChI is InChI=1S/C20H17F4N7OS/c1-33-19-27-14(25)9-15(28-19)32-11-7-5-10(6-8-11)17-29-18(31-30-17)26-13-4-2-3-12(16(13)21)20(22,23)24/h2-8,15H,9H2,1H3,(H2,25,27,28)(H2,26,29,30,31). The van der Waals surface area contributed by atoms with Crippen molar-refractivity contribution < 1.29 is 22.3 Å². The number of aromatic nitrogens is 3. The number of nitrogens with two attached hydrogens (primary N) is 1. The van der Waals surface area contributed by atoms with Crippen molar-refractivity contribution in [1.82, 2.24) is 15.2 Å². The minimum absolute atomic E-state index is 0.0838. The lowest BCUT2D eigenvalue weighted by Gasteiger charge is -2.19. The first-order chi connectivity index (χ1) is 15.7. The fraction of sp³-hybridized carbons (Fsp3) is 0.200. The van der Waals surface area contributed by atoms with Gasteiger partial charge < -0.3 is 15.8 Å².